The second kappa shape index (κ2) is 6.28. The molecule has 2 aromatic carbocycles. The van der Waals surface area contributed by atoms with Crippen LogP contribution in [0.1, 0.15) is 36.9 Å². The number of rotatable bonds is 6. The van der Waals surface area contributed by atoms with Crippen molar-refractivity contribution in [3.8, 4) is 5.75 Å². The average molecular weight is 335 g/mol. The molecular formula is C21H21NO3. The summed E-state index contributed by atoms with van der Waals surface area (Å²) in [5.74, 6) is 0.283. The Morgan fingerprint density at radius 2 is 1.96 bits per heavy atom. The molecule has 0 bridgehead atoms. The van der Waals surface area contributed by atoms with Gasteiger partial charge in [0.1, 0.15) is 5.75 Å². The zero-order chi connectivity index (χ0) is 17.4. The highest BCUT2D eigenvalue weighted by molar-refractivity contribution is 5.88. The van der Waals surface area contributed by atoms with Crippen LogP contribution in [0.2, 0.25) is 0 Å². The molecule has 1 aliphatic carbocycles. The Bertz CT molecular complexity index is 910. The van der Waals surface area contributed by atoms with Crippen LogP contribution in [0.3, 0.4) is 0 Å². The van der Waals surface area contributed by atoms with E-state index < -0.39 is 12.1 Å². The highest BCUT2D eigenvalue weighted by Gasteiger charge is 2.29. The van der Waals surface area contributed by atoms with Gasteiger partial charge in [0.25, 0.3) is 0 Å². The van der Waals surface area contributed by atoms with Gasteiger partial charge in [0.2, 0.25) is 0 Å². The molecule has 1 heterocycles. The minimum absolute atomic E-state index is 0.598. The Hall–Kier alpha value is -2.75. The smallest absolute Gasteiger partial charge is 0.344 e. The Balaban J connectivity index is 1.78. The maximum Gasteiger partial charge on any atom is 0.344 e. The number of benzene rings is 2. The predicted molar refractivity (Wildman–Crippen MR) is 97.2 cm³/mol. The van der Waals surface area contributed by atoms with Gasteiger partial charge in [0, 0.05) is 17.6 Å². The van der Waals surface area contributed by atoms with Crippen LogP contribution in [0.15, 0.2) is 54.6 Å². The summed E-state index contributed by atoms with van der Waals surface area (Å²) in [4.78, 5) is 11.1. The lowest BCUT2D eigenvalue weighted by molar-refractivity contribution is -0.144. The van der Waals surface area contributed by atoms with Crippen molar-refractivity contribution in [1.29, 1.82) is 0 Å². The minimum Gasteiger partial charge on any atom is -0.479 e. The standard InChI is InChI=1S/C21H21NO3/c1-14(21(23)24)25-20-9-5-8-18-17(20)12-19(16-10-11-16)22(18)13-15-6-3-2-4-7-15/h2-9,12,14,16H,10-11,13H2,1H3,(H,23,24). The van der Waals surface area contributed by atoms with E-state index in [1.54, 1.807) is 6.92 Å². The van der Waals surface area contributed by atoms with Gasteiger partial charge >= 0.3 is 5.97 Å². The van der Waals surface area contributed by atoms with Gasteiger partial charge in [0.05, 0.1) is 5.52 Å². The number of aromatic nitrogens is 1. The lowest BCUT2D eigenvalue weighted by atomic mass is 10.2. The lowest BCUT2D eigenvalue weighted by Crippen LogP contribution is -2.22. The van der Waals surface area contributed by atoms with E-state index in [0.717, 1.165) is 17.4 Å². The van der Waals surface area contributed by atoms with Crippen molar-refractivity contribution in [3.63, 3.8) is 0 Å². The molecule has 1 saturated carbocycles. The highest BCUT2D eigenvalue weighted by Crippen LogP contribution is 2.44. The number of aliphatic carboxylic acids is 1. The number of hydrogen-bond acceptors (Lipinski definition) is 2. The molecule has 4 nitrogen and oxygen atoms in total. The monoisotopic (exact) mass is 335 g/mol. The van der Waals surface area contributed by atoms with Crippen LogP contribution in [-0.4, -0.2) is 21.7 Å². The molecule has 0 aliphatic heterocycles. The zero-order valence-electron chi connectivity index (χ0n) is 14.2. The molecule has 25 heavy (non-hydrogen) atoms. The number of fused-ring (bicyclic) bond motifs is 1. The summed E-state index contributed by atoms with van der Waals surface area (Å²) in [5, 5.41) is 10.1. The molecule has 0 radical (unpaired) electrons. The fourth-order valence-corrected chi connectivity index (χ4v) is 3.28. The fraction of sp³-hybridized carbons (Fsp3) is 0.286. The topological polar surface area (TPSA) is 51.5 Å². The Kier molecular flexibility index (Phi) is 3.96. The zero-order valence-corrected chi connectivity index (χ0v) is 14.2. The first-order valence-corrected chi connectivity index (χ1v) is 8.69. The first-order valence-electron chi connectivity index (χ1n) is 8.69. The lowest BCUT2D eigenvalue weighted by Gasteiger charge is -2.13. The summed E-state index contributed by atoms with van der Waals surface area (Å²) >= 11 is 0. The molecule has 128 valence electrons. The second-order valence-corrected chi connectivity index (χ2v) is 6.70. The summed E-state index contributed by atoms with van der Waals surface area (Å²) in [6, 6.07) is 18.5. The molecule has 1 aliphatic rings. The normalized spacial score (nSPS) is 15.2. The maximum atomic E-state index is 11.1. The van der Waals surface area contributed by atoms with Gasteiger partial charge in [-0.05, 0) is 49.4 Å². The van der Waals surface area contributed by atoms with E-state index in [9.17, 15) is 4.79 Å². The molecular weight excluding hydrogens is 314 g/mol. The van der Waals surface area contributed by atoms with Crippen molar-refractivity contribution < 1.29 is 14.6 Å². The summed E-state index contributed by atoms with van der Waals surface area (Å²) in [7, 11) is 0. The van der Waals surface area contributed by atoms with Gasteiger partial charge in [0.15, 0.2) is 6.10 Å². The third kappa shape index (κ3) is 3.12. The molecule has 0 spiro atoms. The van der Waals surface area contributed by atoms with Crippen molar-refractivity contribution in [2.45, 2.75) is 38.3 Å². The SMILES string of the molecule is CC(Oc1cccc2c1cc(C1CC1)n2Cc1ccccc1)C(=O)O. The van der Waals surface area contributed by atoms with E-state index in [2.05, 4.69) is 41.0 Å². The van der Waals surface area contributed by atoms with Gasteiger partial charge in [-0.2, -0.15) is 0 Å². The molecule has 1 atom stereocenters. The molecule has 4 rings (SSSR count). The van der Waals surface area contributed by atoms with E-state index in [-0.39, 0.29) is 0 Å². The highest BCUT2D eigenvalue weighted by atomic mass is 16.5. The van der Waals surface area contributed by atoms with Crippen LogP contribution < -0.4 is 4.74 Å². The molecule has 1 aromatic heterocycles. The van der Waals surface area contributed by atoms with Crippen LogP contribution in [0, 0.1) is 0 Å². The number of ether oxygens (including phenoxy) is 1. The first-order chi connectivity index (χ1) is 12.1. The van der Waals surface area contributed by atoms with Gasteiger partial charge in [-0.25, -0.2) is 4.79 Å². The second-order valence-electron chi connectivity index (χ2n) is 6.70. The van der Waals surface area contributed by atoms with E-state index >= 15 is 0 Å². The van der Waals surface area contributed by atoms with Crippen LogP contribution in [0.25, 0.3) is 10.9 Å². The van der Waals surface area contributed by atoms with Crippen molar-refractivity contribution in [2.75, 3.05) is 0 Å². The van der Waals surface area contributed by atoms with Crippen LogP contribution in [0.4, 0.5) is 0 Å². The number of hydrogen-bond donors (Lipinski definition) is 1. The summed E-state index contributed by atoms with van der Waals surface area (Å²) in [5.41, 5.74) is 3.67. The third-order valence-electron chi connectivity index (χ3n) is 4.77. The number of carboxylic acids is 1. The van der Waals surface area contributed by atoms with Gasteiger partial charge in [-0.1, -0.05) is 36.4 Å². The Labute approximate surface area is 146 Å². The quantitative estimate of drug-likeness (QED) is 0.725. The van der Waals surface area contributed by atoms with Crippen LogP contribution in [-0.2, 0) is 11.3 Å². The summed E-state index contributed by atoms with van der Waals surface area (Å²) < 4.78 is 8.04. The molecule has 0 saturated heterocycles. The third-order valence-corrected chi connectivity index (χ3v) is 4.77. The van der Waals surface area contributed by atoms with E-state index in [1.165, 1.54) is 24.1 Å². The fourth-order valence-electron chi connectivity index (χ4n) is 3.28. The molecule has 0 amide bonds. The van der Waals surface area contributed by atoms with Gasteiger partial charge in [-0.15, -0.1) is 0 Å². The van der Waals surface area contributed by atoms with E-state index in [4.69, 9.17) is 9.84 Å². The summed E-state index contributed by atoms with van der Waals surface area (Å²) in [6.07, 6.45) is 1.56. The minimum atomic E-state index is -0.955. The van der Waals surface area contributed by atoms with Crippen molar-refractivity contribution in [2.24, 2.45) is 0 Å². The molecule has 1 unspecified atom stereocenters. The van der Waals surface area contributed by atoms with Crippen molar-refractivity contribution in [1.82, 2.24) is 4.57 Å². The van der Waals surface area contributed by atoms with Crippen LogP contribution >= 0.6 is 0 Å². The Morgan fingerprint density at radius 3 is 2.64 bits per heavy atom. The van der Waals surface area contributed by atoms with E-state index in [0.29, 0.717) is 11.7 Å². The van der Waals surface area contributed by atoms with Gasteiger partial charge in [-0.3, -0.25) is 0 Å². The number of nitrogens with zero attached hydrogens (tertiary/aromatic N) is 1. The molecule has 3 aromatic rings. The Morgan fingerprint density at radius 1 is 1.20 bits per heavy atom. The molecule has 1 N–H and O–H groups in total. The largest absolute Gasteiger partial charge is 0.479 e. The van der Waals surface area contributed by atoms with Crippen molar-refractivity contribution in [3.05, 3.63) is 65.9 Å². The number of carbonyl (C=O) groups is 1. The number of carboxylic acid groups (broad SMARTS) is 1. The predicted octanol–water partition coefficient (Wildman–Crippen LogP) is 4.42. The molecule has 1 fully saturated rings. The van der Waals surface area contributed by atoms with Gasteiger partial charge < -0.3 is 14.4 Å². The summed E-state index contributed by atoms with van der Waals surface area (Å²) in [6.45, 7) is 2.37. The average Bonchev–Trinajstić information content (AvgIpc) is 3.39. The van der Waals surface area contributed by atoms with E-state index in [1.807, 2.05) is 18.2 Å². The van der Waals surface area contributed by atoms with Crippen molar-refractivity contribution >= 4 is 16.9 Å². The van der Waals surface area contributed by atoms with Crippen LogP contribution in [0.5, 0.6) is 5.75 Å². The maximum absolute atomic E-state index is 11.1. The first kappa shape index (κ1) is 15.8. The molecule has 4 heteroatoms.